The van der Waals surface area contributed by atoms with Crippen molar-refractivity contribution < 1.29 is 23.6 Å². The quantitative estimate of drug-likeness (QED) is 0.556. The Labute approximate surface area is 184 Å². The summed E-state index contributed by atoms with van der Waals surface area (Å²) in [6.07, 6.45) is 2.71. The lowest BCUT2D eigenvalue weighted by Gasteiger charge is -2.10. The van der Waals surface area contributed by atoms with E-state index >= 15 is 0 Å². The number of aromatic nitrogens is 1. The molecule has 1 aromatic carbocycles. The van der Waals surface area contributed by atoms with E-state index in [1.165, 1.54) is 18.4 Å². The average molecular weight is 441 g/mol. The molecule has 0 unspecified atom stereocenters. The highest BCUT2D eigenvalue weighted by molar-refractivity contribution is 7.17. The highest BCUT2D eigenvalue weighted by Crippen LogP contribution is 2.39. The number of hydrogen-bond donors (Lipinski definition) is 1. The minimum Gasteiger partial charge on any atom is -0.488 e. The SMILES string of the molecule is COC(=O)c1c(NC(=O)c2noc(C)c2COc2ccc(C)cc2C)sc2c1CCC2. The first kappa shape index (κ1) is 21.1. The van der Waals surface area contributed by atoms with Crippen molar-refractivity contribution in [3.05, 3.63) is 62.3 Å². The van der Waals surface area contributed by atoms with Crippen molar-refractivity contribution in [1.82, 2.24) is 5.16 Å². The van der Waals surface area contributed by atoms with E-state index in [1.807, 2.05) is 32.0 Å². The first-order valence-corrected chi connectivity index (χ1v) is 10.9. The van der Waals surface area contributed by atoms with E-state index in [4.69, 9.17) is 14.0 Å². The topological polar surface area (TPSA) is 90.7 Å². The maximum Gasteiger partial charge on any atom is 0.341 e. The van der Waals surface area contributed by atoms with Crippen LogP contribution in [-0.2, 0) is 24.2 Å². The Morgan fingerprint density at radius 3 is 2.77 bits per heavy atom. The van der Waals surface area contributed by atoms with Crippen LogP contribution in [0.4, 0.5) is 5.00 Å². The van der Waals surface area contributed by atoms with Crippen molar-refractivity contribution in [3.8, 4) is 5.75 Å². The summed E-state index contributed by atoms with van der Waals surface area (Å²) in [5.74, 6) is 0.364. The van der Waals surface area contributed by atoms with Gasteiger partial charge < -0.3 is 19.3 Å². The molecular formula is C23H24N2O5S. The van der Waals surface area contributed by atoms with Gasteiger partial charge in [-0.3, -0.25) is 4.79 Å². The third-order valence-corrected chi connectivity index (χ3v) is 6.65. The number of amides is 1. The standard InChI is InChI=1S/C23H24N2O5S/c1-12-8-9-17(13(2)10-12)29-11-16-14(3)30-25-20(16)21(26)24-22-19(23(27)28-4)15-6-5-7-18(15)31-22/h8-10H,5-7,11H2,1-4H3,(H,24,26). The number of fused-ring (bicyclic) bond motifs is 1. The lowest BCUT2D eigenvalue weighted by atomic mass is 10.1. The van der Waals surface area contributed by atoms with Crippen molar-refractivity contribution in [1.29, 1.82) is 0 Å². The van der Waals surface area contributed by atoms with Gasteiger partial charge in [0.15, 0.2) is 5.69 Å². The summed E-state index contributed by atoms with van der Waals surface area (Å²) < 4.78 is 16.2. The van der Waals surface area contributed by atoms with Gasteiger partial charge in [-0.05, 0) is 57.2 Å². The van der Waals surface area contributed by atoms with Crippen molar-refractivity contribution in [2.45, 2.75) is 46.6 Å². The van der Waals surface area contributed by atoms with Gasteiger partial charge in [0.1, 0.15) is 23.1 Å². The van der Waals surface area contributed by atoms with Gasteiger partial charge in [-0.15, -0.1) is 11.3 Å². The second-order valence-corrected chi connectivity index (χ2v) is 8.74. The molecule has 1 aliphatic carbocycles. The van der Waals surface area contributed by atoms with Crippen molar-refractivity contribution in [2.75, 3.05) is 12.4 Å². The summed E-state index contributed by atoms with van der Waals surface area (Å²) in [5.41, 5.74) is 4.29. The molecule has 0 saturated carbocycles. The Morgan fingerprint density at radius 2 is 2.03 bits per heavy atom. The molecule has 1 amide bonds. The van der Waals surface area contributed by atoms with Crippen molar-refractivity contribution in [3.63, 3.8) is 0 Å². The number of methoxy groups -OCH3 is 1. The molecule has 0 saturated heterocycles. The van der Waals surface area contributed by atoms with Gasteiger partial charge in [0, 0.05) is 4.88 Å². The number of nitrogens with zero attached hydrogens (tertiary/aromatic N) is 1. The number of aryl methyl sites for hydroxylation is 4. The second-order valence-electron chi connectivity index (χ2n) is 7.63. The van der Waals surface area contributed by atoms with Gasteiger partial charge in [0.25, 0.3) is 5.91 Å². The Bertz CT molecular complexity index is 1160. The van der Waals surface area contributed by atoms with Crippen LogP contribution in [0.3, 0.4) is 0 Å². The van der Waals surface area contributed by atoms with E-state index in [0.717, 1.165) is 46.6 Å². The summed E-state index contributed by atoms with van der Waals surface area (Å²) in [6, 6.07) is 5.91. The van der Waals surface area contributed by atoms with Crippen molar-refractivity contribution in [2.24, 2.45) is 0 Å². The number of nitrogens with one attached hydrogen (secondary N) is 1. The van der Waals surface area contributed by atoms with E-state index in [2.05, 4.69) is 10.5 Å². The monoisotopic (exact) mass is 440 g/mol. The van der Waals surface area contributed by atoms with E-state index < -0.39 is 11.9 Å². The van der Waals surface area contributed by atoms with Crippen LogP contribution < -0.4 is 10.1 Å². The molecule has 8 heteroatoms. The number of anilines is 1. The summed E-state index contributed by atoms with van der Waals surface area (Å²) in [5, 5.41) is 7.27. The van der Waals surface area contributed by atoms with Gasteiger partial charge in [0.2, 0.25) is 0 Å². The van der Waals surface area contributed by atoms with E-state index in [0.29, 0.717) is 21.9 Å². The van der Waals surface area contributed by atoms with Crippen LogP contribution in [0.25, 0.3) is 0 Å². The number of benzene rings is 1. The van der Waals surface area contributed by atoms with Gasteiger partial charge >= 0.3 is 5.97 Å². The van der Waals surface area contributed by atoms with E-state index in [1.54, 1.807) is 6.92 Å². The molecule has 3 aromatic rings. The molecule has 0 atom stereocenters. The zero-order valence-electron chi connectivity index (χ0n) is 18.0. The molecule has 0 radical (unpaired) electrons. The smallest absolute Gasteiger partial charge is 0.341 e. The first-order chi connectivity index (χ1) is 14.9. The van der Waals surface area contributed by atoms with Crippen LogP contribution >= 0.6 is 11.3 Å². The average Bonchev–Trinajstić information content (AvgIpc) is 3.41. The molecule has 7 nitrogen and oxygen atoms in total. The molecule has 1 aliphatic rings. The lowest BCUT2D eigenvalue weighted by Crippen LogP contribution is -2.17. The molecule has 4 rings (SSSR count). The maximum atomic E-state index is 13.0. The number of esters is 1. The fourth-order valence-electron chi connectivity index (χ4n) is 3.82. The molecule has 0 bridgehead atoms. The van der Waals surface area contributed by atoms with Gasteiger partial charge in [-0.2, -0.15) is 0 Å². The number of carbonyl (C=O) groups is 2. The van der Waals surface area contributed by atoms with Crippen LogP contribution in [0.5, 0.6) is 5.75 Å². The maximum absolute atomic E-state index is 13.0. The van der Waals surface area contributed by atoms with Crippen molar-refractivity contribution >= 4 is 28.2 Å². The highest BCUT2D eigenvalue weighted by Gasteiger charge is 2.29. The summed E-state index contributed by atoms with van der Waals surface area (Å²) in [6.45, 7) is 5.88. The van der Waals surface area contributed by atoms with Crippen LogP contribution in [0.2, 0.25) is 0 Å². The molecular weight excluding hydrogens is 416 g/mol. The number of rotatable bonds is 6. The van der Waals surface area contributed by atoms with Gasteiger partial charge in [0.05, 0.1) is 18.2 Å². The molecule has 0 fully saturated rings. The predicted molar refractivity (Wildman–Crippen MR) is 117 cm³/mol. The fraction of sp³-hybridized carbons (Fsp3) is 0.348. The predicted octanol–water partition coefficient (Wildman–Crippen LogP) is 4.77. The Hall–Kier alpha value is -3.13. The number of hydrogen-bond acceptors (Lipinski definition) is 7. The first-order valence-electron chi connectivity index (χ1n) is 10.1. The summed E-state index contributed by atoms with van der Waals surface area (Å²) in [7, 11) is 1.34. The molecule has 0 spiro atoms. The highest BCUT2D eigenvalue weighted by atomic mass is 32.1. The second kappa shape index (κ2) is 8.55. The Balaban J connectivity index is 1.56. The van der Waals surface area contributed by atoms with Gasteiger partial charge in [-0.25, -0.2) is 4.79 Å². The molecule has 162 valence electrons. The number of thiophene rings is 1. The summed E-state index contributed by atoms with van der Waals surface area (Å²) in [4.78, 5) is 26.5. The summed E-state index contributed by atoms with van der Waals surface area (Å²) >= 11 is 1.42. The third kappa shape index (κ3) is 4.07. The lowest BCUT2D eigenvalue weighted by molar-refractivity contribution is 0.0601. The molecule has 31 heavy (non-hydrogen) atoms. The molecule has 2 heterocycles. The normalized spacial score (nSPS) is 12.5. The Morgan fingerprint density at radius 1 is 1.23 bits per heavy atom. The molecule has 2 aromatic heterocycles. The zero-order valence-corrected chi connectivity index (χ0v) is 18.8. The number of carbonyl (C=O) groups excluding carboxylic acids is 2. The van der Waals surface area contributed by atoms with E-state index in [9.17, 15) is 9.59 Å². The fourth-order valence-corrected chi connectivity index (χ4v) is 5.10. The minimum absolute atomic E-state index is 0.145. The molecule has 1 N–H and O–H groups in total. The van der Waals surface area contributed by atoms with Gasteiger partial charge in [-0.1, -0.05) is 22.9 Å². The van der Waals surface area contributed by atoms with Crippen LogP contribution in [0.1, 0.15) is 60.2 Å². The molecule has 0 aliphatic heterocycles. The van der Waals surface area contributed by atoms with Crippen LogP contribution in [0.15, 0.2) is 22.7 Å². The Kier molecular flexibility index (Phi) is 5.82. The van der Waals surface area contributed by atoms with Crippen LogP contribution in [-0.4, -0.2) is 24.1 Å². The minimum atomic E-state index is -0.443. The zero-order chi connectivity index (χ0) is 22.1. The largest absolute Gasteiger partial charge is 0.488 e. The number of ether oxygens (including phenoxy) is 2. The van der Waals surface area contributed by atoms with Crippen LogP contribution in [0, 0.1) is 20.8 Å². The third-order valence-electron chi connectivity index (χ3n) is 5.44. The van der Waals surface area contributed by atoms with E-state index in [-0.39, 0.29) is 12.3 Å².